The molecule has 10 nitrogen and oxygen atoms in total. The summed E-state index contributed by atoms with van der Waals surface area (Å²) in [7, 11) is 0. The fourth-order valence-corrected chi connectivity index (χ4v) is 5.77. The van der Waals surface area contributed by atoms with Crippen molar-refractivity contribution in [3.05, 3.63) is 65.7 Å². The Balaban J connectivity index is 1.42. The summed E-state index contributed by atoms with van der Waals surface area (Å²) in [6.07, 6.45) is 6.18. The number of carbonyl (C=O) groups is 4. The Kier molecular flexibility index (Phi) is 13.1. The van der Waals surface area contributed by atoms with Crippen LogP contribution in [0.4, 0.5) is 4.79 Å². The van der Waals surface area contributed by atoms with Crippen molar-refractivity contribution in [1.82, 2.24) is 25.8 Å². The highest BCUT2D eigenvalue weighted by molar-refractivity contribution is 5.92. The summed E-state index contributed by atoms with van der Waals surface area (Å²) in [6.45, 7) is 7.23. The SMILES string of the molecule is CC(C)C[C@H](NC(=O)N1CCCCCC1)C(=O)N[C@@H](Cc1ccc(OCc2ccccc2)cc1)C(=O)NCCN1CCCC1=O. The van der Waals surface area contributed by atoms with Crippen molar-refractivity contribution in [1.29, 1.82) is 0 Å². The van der Waals surface area contributed by atoms with Gasteiger partial charge in [0.2, 0.25) is 17.7 Å². The van der Waals surface area contributed by atoms with Gasteiger partial charge in [0, 0.05) is 45.6 Å². The molecule has 244 valence electrons. The minimum atomic E-state index is -0.868. The van der Waals surface area contributed by atoms with Crippen LogP contribution in [0.2, 0.25) is 0 Å². The maximum atomic E-state index is 13.7. The molecule has 0 aromatic heterocycles. The molecule has 4 rings (SSSR count). The van der Waals surface area contributed by atoms with Gasteiger partial charge in [0.15, 0.2) is 0 Å². The normalized spacial score (nSPS) is 16.6. The first-order valence-electron chi connectivity index (χ1n) is 16.5. The zero-order chi connectivity index (χ0) is 32.0. The number of likely N-dealkylation sites (tertiary alicyclic amines) is 2. The van der Waals surface area contributed by atoms with Crippen molar-refractivity contribution >= 4 is 23.8 Å². The molecule has 0 radical (unpaired) electrons. The Morgan fingerprint density at radius 1 is 0.800 bits per heavy atom. The van der Waals surface area contributed by atoms with Crippen LogP contribution in [0, 0.1) is 5.92 Å². The monoisotopic (exact) mass is 619 g/mol. The molecular formula is C35H49N5O5. The van der Waals surface area contributed by atoms with Crippen molar-refractivity contribution in [2.75, 3.05) is 32.7 Å². The Labute approximate surface area is 267 Å². The summed E-state index contributed by atoms with van der Waals surface area (Å²) < 4.78 is 5.91. The molecule has 2 saturated heterocycles. The molecule has 5 amide bonds. The van der Waals surface area contributed by atoms with Gasteiger partial charge in [-0.3, -0.25) is 14.4 Å². The van der Waals surface area contributed by atoms with E-state index in [1.807, 2.05) is 68.4 Å². The average Bonchev–Trinajstić information content (AvgIpc) is 3.25. The summed E-state index contributed by atoms with van der Waals surface area (Å²) >= 11 is 0. The number of hydrogen-bond acceptors (Lipinski definition) is 5. The number of benzene rings is 2. The predicted octanol–water partition coefficient (Wildman–Crippen LogP) is 4.03. The van der Waals surface area contributed by atoms with Crippen LogP contribution in [0.1, 0.15) is 69.9 Å². The molecular weight excluding hydrogens is 570 g/mol. The summed E-state index contributed by atoms with van der Waals surface area (Å²) in [5.74, 6) is 0.237. The van der Waals surface area contributed by atoms with Crippen molar-refractivity contribution in [2.45, 2.75) is 83.9 Å². The molecule has 0 bridgehead atoms. The van der Waals surface area contributed by atoms with Gasteiger partial charge >= 0.3 is 6.03 Å². The highest BCUT2D eigenvalue weighted by Crippen LogP contribution is 2.17. The molecule has 0 aliphatic carbocycles. The molecule has 2 aliphatic rings. The number of nitrogens with zero attached hydrogens (tertiary/aromatic N) is 2. The van der Waals surface area contributed by atoms with Crippen molar-refractivity contribution in [2.24, 2.45) is 5.92 Å². The van der Waals surface area contributed by atoms with Crippen LogP contribution in [-0.4, -0.2) is 78.4 Å². The van der Waals surface area contributed by atoms with Gasteiger partial charge in [-0.1, -0.05) is 69.2 Å². The fraction of sp³-hybridized carbons (Fsp3) is 0.543. The Morgan fingerprint density at radius 2 is 1.51 bits per heavy atom. The van der Waals surface area contributed by atoms with E-state index in [0.29, 0.717) is 57.9 Å². The largest absolute Gasteiger partial charge is 0.489 e. The summed E-state index contributed by atoms with van der Waals surface area (Å²) in [5.41, 5.74) is 1.92. The van der Waals surface area contributed by atoms with E-state index in [9.17, 15) is 19.2 Å². The number of rotatable bonds is 14. The van der Waals surface area contributed by atoms with E-state index in [-0.39, 0.29) is 36.1 Å². The van der Waals surface area contributed by atoms with Crippen molar-refractivity contribution in [3.63, 3.8) is 0 Å². The molecule has 0 unspecified atom stereocenters. The summed E-state index contributed by atoms with van der Waals surface area (Å²) in [5, 5.41) is 8.82. The van der Waals surface area contributed by atoms with Gasteiger partial charge in [-0.15, -0.1) is 0 Å². The van der Waals surface area contributed by atoms with Gasteiger partial charge in [-0.25, -0.2) is 4.79 Å². The third kappa shape index (κ3) is 11.1. The van der Waals surface area contributed by atoms with E-state index in [4.69, 9.17) is 4.74 Å². The van der Waals surface area contributed by atoms with E-state index < -0.39 is 12.1 Å². The smallest absolute Gasteiger partial charge is 0.318 e. The van der Waals surface area contributed by atoms with Gasteiger partial charge in [0.1, 0.15) is 24.4 Å². The maximum Gasteiger partial charge on any atom is 0.318 e. The Hall–Kier alpha value is -4.08. The first-order chi connectivity index (χ1) is 21.8. The van der Waals surface area contributed by atoms with E-state index in [1.54, 1.807) is 9.80 Å². The van der Waals surface area contributed by atoms with E-state index in [0.717, 1.165) is 43.2 Å². The predicted molar refractivity (Wildman–Crippen MR) is 173 cm³/mol. The van der Waals surface area contributed by atoms with E-state index in [2.05, 4.69) is 16.0 Å². The lowest BCUT2D eigenvalue weighted by Crippen LogP contribution is -2.56. The maximum absolute atomic E-state index is 13.7. The zero-order valence-corrected chi connectivity index (χ0v) is 26.8. The highest BCUT2D eigenvalue weighted by Gasteiger charge is 2.29. The van der Waals surface area contributed by atoms with Crippen LogP contribution < -0.4 is 20.7 Å². The summed E-state index contributed by atoms with van der Waals surface area (Å²) in [4.78, 5) is 55.8. The minimum Gasteiger partial charge on any atom is -0.489 e. The van der Waals surface area contributed by atoms with Gasteiger partial charge in [-0.05, 0) is 54.9 Å². The van der Waals surface area contributed by atoms with E-state index in [1.165, 1.54) is 0 Å². The third-order valence-corrected chi connectivity index (χ3v) is 8.31. The van der Waals surface area contributed by atoms with Crippen molar-refractivity contribution < 1.29 is 23.9 Å². The van der Waals surface area contributed by atoms with Gasteiger partial charge < -0.3 is 30.5 Å². The molecule has 10 heteroatoms. The van der Waals surface area contributed by atoms with Gasteiger partial charge in [0.25, 0.3) is 0 Å². The molecule has 2 aromatic rings. The number of amides is 5. The second-order valence-electron chi connectivity index (χ2n) is 12.5. The second-order valence-corrected chi connectivity index (χ2v) is 12.5. The van der Waals surface area contributed by atoms with Crippen LogP contribution in [0.5, 0.6) is 5.75 Å². The molecule has 3 N–H and O–H groups in total. The second kappa shape index (κ2) is 17.4. The molecule has 0 saturated carbocycles. The summed E-state index contributed by atoms with van der Waals surface area (Å²) in [6, 6.07) is 15.5. The van der Waals surface area contributed by atoms with Crippen molar-refractivity contribution in [3.8, 4) is 5.75 Å². The highest BCUT2D eigenvalue weighted by atomic mass is 16.5. The quantitative estimate of drug-likeness (QED) is 0.295. The lowest BCUT2D eigenvalue weighted by molar-refractivity contribution is -0.130. The first-order valence-corrected chi connectivity index (χ1v) is 16.5. The number of carbonyl (C=O) groups excluding carboxylic acids is 4. The van der Waals surface area contributed by atoms with E-state index >= 15 is 0 Å². The van der Waals surface area contributed by atoms with Crippen LogP contribution in [0.25, 0.3) is 0 Å². The van der Waals surface area contributed by atoms with Crippen LogP contribution >= 0.6 is 0 Å². The molecule has 2 aromatic carbocycles. The number of nitrogens with one attached hydrogen (secondary N) is 3. The Bertz CT molecular complexity index is 1240. The van der Waals surface area contributed by atoms with Crippen LogP contribution in [0.3, 0.4) is 0 Å². The topological polar surface area (TPSA) is 120 Å². The average molecular weight is 620 g/mol. The molecule has 0 spiro atoms. The lowest BCUT2D eigenvalue weighted by Gasteiger charge is -2.27. The number of hydrogen-bond donors (Lipinski definition) is 3. The number of urea groups is 1. The third-order valence-electron chi connectivity index (χ3n) is 8.31. The van der Waals surface area contributed by atoms with Crippen LogP contribution in [0.15, 0.2) is 54.6 Å². The van der Waals surface area contributed by atoms with Crippen LogP contribution in [-0.2, 0) is 27.4 Å². The van der Waals surface area contributed by atoms with Gasteiger partial charge in [-0.2, -0.15) is 0 Å². The fourth-order valence-electron chi connectivity index (χ4n) is 5.77. The molecule has 2 aliphatic heterocycles. The molecule has 2 atom stereocenters. The Morgan fingerprint density at radius 3 is 2.16 bits per heavy atom. The van der Waals surface area contributed by atoms with Gasteiger partial charge in [0.05, 0.1) is 0 Å². The molecule has 2 fully saturated rings. The molecule has 45 heavy (non-hydrogen) atoms. The first kappa shape index (κ1) is 33.8. The zero-order valence-electron chi connectivity index (χ0n) is 26.8. The lowest BCUT2D eigenvalue weighted by atomic mass is 10.0. The minimum absolute atomic E-state index is 0.0975. The number of ether oxygens (including phenoxy) is 1. The standard InChI is InChI=1S/C35H49N5O5/c1-26(2)23-30(38-35(44)40-19-8-3-4-9-20-40)34(43)37-31(33(42)36-18-22-39-21-10-13-32(39)41)24-27-14-16-29(17-15-27)45-25-28-11-6-5-7-12-28/h5-7,11-12,14-17,26,30-31H,3-4,8-10,13,18-25H2,1-2H3,(H,36,42)(H,37,43)(H,38,44)/t30-,31-/m0/s1. The molecule has 2 heterocycles.